The van der Waals surface area contributed by atoms with Crippen LogP contribution in [0.4, 0.5) is 11.4 Å². The number of amides is 1. The van der Waals surface area contributed by atoms with Crippen molar-refractivity contribution in [2.24, 2.45) is 0 Å². The molecule has 1 aliphatic rings. The maximum atomic E-state index is 13.0. The zero-order valence-electron chi connectivity index (χ0n) is 14.6. The Balaban J connectivity index is 1.86. The molecule has 1 fully saturated rings. The van der Waals surface area contributed by atoms with Crippen LogP contribution in [0, 0.1) is 17.0 Å². The molecule has 7 heteroatoms. The molecule has 6 nitrogen and oxygen atoms in total. The molecule has 0 saturated carbocycles. The van der Waals surface area contributed by atoms with E-state index in [0.717, 1.165) is 30.2 Å². The molecule has 1 amide bonds. The Bertz CT molecular complexity index is 792. The van der Waals surface area contributed by atoms with Crippen molar-refractivity contribution in [2.75, 3.05) is 29.9 Å². The van der Waals surface area contributed by atoms with Gasteiger partial charge in [-0.3, -0.25) is 19.8 Å². The Kier molecular flexibility index (Phi) is 5.90. The van der Waals surface area contributed by atoms with Crippen LogP contribution in [0.15, 0.2) is 48.5 Å². The summed E-state index contributed by atoms with van der Waals surface area (Å²) in [7, 11) is 0. The van der Waals surface area contributed by atoms with Gasteiger partial charge in [0.1, 0.15) is 6.04 Å². The molecule has 2 aromatic rings. The number of carbonyl (C=O) groups excluding carboxylic acids is 1. The summed E-state index contributed by atoms with van der Waals surface area (Å²) in [4.78, 5) is 25.9. The monoisotopic (exact) mass is 371 g/mol. The zero-order chi connectivity index (χ0) is 18.5. The molecule has 0 aliphatic carbocycles. The molecule has 1 N–H and O–H groups in total. The van der Waals surface area contributed by atoms with Crippen molar-refractivity contribution in [3.63, 3.8) is 0 Å². The van der Waals surface area contributed by atoms with Gasteiger partial charge in [-0.15, -0.1) is 0 Å². The van der Waals surface area contributed by atoms with Gasteiger partial charge in [0.2, 0.25) is 5.91 Å². The number of nitro groups is 1. The predicted octanol–water partition coefficient (Wildman–Crippen LogP) is 3.63. The second-order valence-corrected chi connectivity index (χ2v) is 7.43. The topological polar surface area (TPSA) is 75.5 Å². The molecule has 136 valence electrons. The lowest BCUT2D eigenvalue weighted by atomic mass is 10.0. The first kappa shape index (κ1) is 18.4. The maximum Gasteiger partial charge on any atom is 0.274 e. The van der Waals surface area contributed by atoms with Crippen LogP contribution in [0.5, 0.6) is 0 Å². The number of anilines is 1. The minimum absolute atomic E-state index is 0.00781. The number of nitrogens with one attached hydrogen (secondary N) is 1. The van der Waals surface area contributed by atoms with Gasteiger partial charge in [-0.25, -0.2) is 0 Å². The number of thioether (sulfide) groups is 1. The first-order valence-electron chi connectivity index (χ1n) is 8.49. The van der Waals surface area contributed by atoms with Crippen molar-refractivity contribution in [2.45, 2.75) is 13.0 Å². The van der Waals surface area contributed by atoms with E-state index in [1.165, 1.54) is 6.07 Å². The fourth-order valence-corrected chi connectivity index (χ4v) is 4.02. The highest BCUT2D eigenvalue weighted by molar-refractivity contribution is 7.99. The van der Waals surface area contributed by atoms with Crippen LogP contribution in [0.1, 0.15) is 17.2 Å². The minimum atomic E-state index is -0.429. The van der Waals surface area contributed by atoms with Crippen molar-refractivity contribution < 1.29 is 9.72 Å². The van der Waals surface area contributed by atoms with Crippen LogP contribution in [0.3, 0.4) is 0 Å². The summed E-state index contributed by atoms with van der Waals surface area (Å²) < 4.78 is 0. The summed E-state index contributed by atoms with van der Waals surface area (Å²) >= 11 is 1.89. The Hall–Kier alpha value is -2.38. The van der Waals surface area contributed by atoms with Gasteiger partial charge in [-0.05, 0) is 18.6 Å². The highest BCUT2D eigenvalue weighted by Crippen LogP contribution is 2.27. The summed E-state index contributed by atoms with van der Waals surface area (Å²) in [6.07, 6.45) is 0. The average Bonchev–Trinajstić information content (AvgIpc) is 2.65. The summed E-state index contributed by atoms with van der Waals surface area (Å²) in [5, 5.41) is 14.0. The fourth-order valence-electron chi connectivity index (χ4n) is 3.09. The zero-order valence-corrected chi connectivity index (χ0v) is 15.4. The quantitative estimate of drug-likeness (QED) is 0.642. The Morgan fingerprint density at radius 3 is 2.54 bits per heavy atom. The van der Waals surface area contributed by atoms with E-state index in [2.05, 4.69) is 10.2 Å². The molecule has 1 heterocycles. The van der Waals surface area contributed by atoms with Crippen molar-refractivity contribution in [3.05, 3.63) is 69.8 Å². The second-order valence-electron chi connectivity index (χ2n) is 6.21. The first-order valence-corrected chi connectivity index (χ1v) is 9.64. The predicted molar refractivity (Wildman–Crippen MR) is 105 cm³/mol. The number of hydrogen-bond donors (Lipinski definition) is 1. The maximum absolute atomic E-state index is 13.0. The van der Waals surface area contributed by atoms with Crippen LogP contribution in [0.25, 0.3) is 0 Å². The molecule has 2 aromatic carbocycles. The van der Waals surface area contributed by atoms with Crippen LogP contribution < -0.4 is 5.32 Å². The molecule has 3 rings (SSSR count). The average molecular weight is 371 g/mol. The summed E-state index contributed by atoms with van der Waals surface area (Å²) in [5.41, 5.74) is 1.95. The molecule has 0 aromatic heterocycles. The molecule has 26 heavy (non-hydrogen) atoms. The number of hydrogen-bond acceptors (Lipinski definition) is 5. The fraction of sp³-hybridized carbons (Fsp3) is 0.316. The Labute approximate surface area is 156 Å². The van der Waals surface area contributed by atoms with E-state index in [4.69, 9.17) is 0 Å². The van der Waals surface area contributed by atoms with E-state index >= 15 is 0 Å². The Morgan fingerprint density at radius 2 is 1.88 bits per heavy atom. The van der Waals surface area contributed by atoms with Gasteiger partial charge in [-0.2, -0.15) is 11.8 Å². The second kappa shape index (κ2) is 8.33. The molecule has 1 unspecified atom stereocenters. The number of nitrogens with zero attached hydrogens (tertiary/aromatic N) is 2. The molecular weight excluding hydrogens is 350 g/mol. The number of aryl methyl sites for hydroxylation is 1. The van der Waals surface area contributed by atoms with Crippen LogP contribution in [-0.4, -0.2) is 40.3 Å². The molecule has 1 saturated heterocycles. The van der Waals surface area contributed by atoms with Gasteiger partial charge < -0.3 is 5.32 Å². The molecule has 0 spiro atoms. The number of rotatable bonds is 5. The standard InChI is InChI=1S/C19H21N3O3S/c1-14-7-8-16(13-17(14)22(24)25)20-19(23)18(15-5-3-2-4-6-15)21-9-11-26-12-10-21/h2-8,13,18H,9-12H2,1H3,(H,20,23). The van der Waals surface area contributed by atoms with E-state index in [-0.39, 0.29) is 11.6 Å². The molecule has 0 radical (unpaired) electrons. The van der Waals surface area contributed by atoms with E-state index in [1.807, 2.05) is 42.1 Å². The lowest BCUT2D eigenvalue weighted by Gasteiger charge is -2.33. The summed E-state index contributed by atoms with van der Waals surface area (Å²) in [6.45, 7) is 3.36. The van der Waals surface area contributed by atoms with Gasteiger partial charge in [0, 0.05) is 41.9 Å². The van der Waals surface area contributed by atoms with Gasteiger partial charge in [0.15, 0.2) is 0 Å². The van der Waals surface area contributed by atoms with Gasteiger partial charge >= 0.3 is 0 Å². The molecule has 1 aliphatic heterocycles. The third kappa shape index (κ3) is 4.23. The highest BCUT2D eigenvalue weighted by atomic mass is 32.2. The summed E-state index contributed by atoms with van der Waals surface area (Å²) in [5.74, 6) is 1.82. The van der Waals surface area contributed by atoms with Gasteiger partial charge in [0.25, 0.3) is 5.69 Å². The van der Waals surface area contributed by atoms with Gasteiger partial charge in [-0.1, -0.05) is 36.4 Å². The number of benzene rings is 2. The van der Waals surface area contributed by atoms with E-state index in [0.29, 0.717) is 11.3 Å². The van der Waals surface area contributed by atoms with Crippen molar-refractivity contribution in [1.82, 2.24) is 4.90 Å². The minimum Gasteiger partial charge on any atom is -0.324 e. The van der Waals surface area contributed by atoms with E-state index in [1.54, 1.807) is 19.1 Å². The lowest BCUT2D eigenvalue weighted by molar-refractivity contribution is -0.385. The largest absolute Gasteiger partial charge is 0.324 e. The van der Waals surface area contributed by atoms with Crippen molar-refractivity contribution in [3.8, 4) is 0 Å². The Morgan fingerprint density at radius 1 is 1.19 bits per heavy atom. The smallest absolute Gasteiger partial charge is 0.274 e. The first-order chi connectivity index (χ1) is 12.6. The molecule has 1 atom stereocenters. The third-order valence-corrected chi connectivity index (χ3v) is 5.39. The van der Waals surface area contributed by atoms with Crippen LogP contribution in [-0.2, 0) is 4.79 Å². The molecular formula is C19H21N3O3S. The normalized spacial score (nSPS) is 16.0. The van der Waals surface area contributed by atoms with E-state index in [9.17, 15) is 14.9 Å². The van der Waals surface area contributed by atoms with Crippen LogP contribution >= 0.6 is 11.8 Å². The lowest BCUT2D eigenvalue weighted by Crippen LogP contribution is -2.41. The number of carbonyl (C=O) groups is 1. The number of nitro benzene ring substituents is 1. The summed E-state index contributed by atoms with van der Waals surface area (Å²) in [6, 6.07) is 14.0. The molecule has 0 bridgehead atoms. The van der Waals surface area contributed by atoms with Gasteiger partial charge in [0.05, 0.1) is 4.92 Å². The third-order valence-electron chi connectivity index (χ3n) is 4.45. The van der Waals surface area contributed by atoms with E-state index < -0.39 is 11.0 Å². The van der Waals surface area contributed by atoms with Crippen molar-refractivity contribution >= 4 is 29.0 Å². The van der Waals surface area contributed by atoms with Crippen LogP contribution in [0.2, 0.25) is 0 Å². The highest BCUT2D eigenvalue weighted by Gasteiger charge is 2.29. The SMILES string of the molecule is Cc1ccc(NC(=O)C(c2ccccc2)N2CCSCC2)cc1[N+](=O)[O-]. The van der Waals surface area contributed by atoms with Crippen molar-refractivity contribution in [1.29, 1.82) is 0 Å².